The lowest BCUT2D eigenvalue weighted by molar-refractivity contribution is -0.114. The molecule has 1 saturated heterocycles. The third-order valence-corrected chi connectivity index (χ3v) is 9.47. The fourth-order valence-electron chi connectivity index (χ4n) is 4.92. The van der Waals surface area contributed by atoms with E-state index in [2.05, 4.69) is 82.4 Å². The number of hydrogen-bond acceptors (Lipinski definition) is 9. The summed E-state index contributed by atoms with van der Waals surface area (Å²) in [5.74, 6) is 0.0448. The number of nitrogens with one attached hydrogen (secondary N) is 1. The van der Waals surface area contributed by atoms with Crippen molar-refractivity contribution < 1.29 is 4.79 Å². The van der Waals surface area contributed by atoms with Crippen LogP contribution < -0.4 is 10.2 Å². The Bertz CT molecular complexity index is 1520. The van der Waals surface area contributed by atoms with Crippen LogP contribution in [0.4, 0.5) is 23.0 Å². The molecule has 1 aliphatic rings. The van der Waals surface area contributed by atoms with Gasteiger partial charge >= 0.3 is 0 Å². The van der Waals surface area contributed by atoms with Crippen molar-refractivity contribution in [3.63, 3.8) is 0 Å². The number of amides is 1. The van der Waals surface area contributed by atoms with Crippen molar-refractivity contribution >= 4 is 52.4 Å². The fraction of sp³-hybridized carbons (Fsp3) is 0.312. The maximum atomic E-state index is 12.0. The lowest BCUT2D eigenvalue weighted by Crippen LogP contribution is -2.29. The molecule has 2 heterocycles. The van der Waals surface area contributed by atoms with E-state index in [1.165, 1.54) is 49.7 Å². The van der Waals surface area contributed by atoms with Gasteiger partial charge < -0.3 is 10.2 Å². The zero-order valence-corrected chi connectivity index (χ0v) is 26.3. The standard InChI is InChI=1S/C32H35N7OS2/c1-20-11-9-12-21(2)28(20)41-31-34-30(35-32(36-31)42-29-22(3)13-10-14-23(29)4)38-37-26-16-15-25(19-27(26)33-24(5)40)39-17-7-6-8-18-39/h9-16,19H,6-8,17-18H2,1-5H3,(H,33,40). The first-order valence-electron chi connectivity index (χ1n) is 14.1. The predicted octanol–water partition coefficient (Wildman–Crippen LogP) is 8.77. The van der Waals surface area contributed by atoms with Crippen LogP contribution >= 0.6 is 23.5 Å². The lowest BCUT2D eigenvalue weighted by Gasteiger charge is -2.29. The van der Waals surface area contributed by atoms with Crippen LogP contribution in [0.1, 0.15) is 48.4 Å². The highest BCUT2D eigenvalue weighted by Crippen LogP contribution is 2.37. The molecule has 1 fully saturated rings. The van der Waals surface area contributed by atoms with Gasteiger partial charge in [-0.05, 0) is 111 Å². The molecule has 216 valence electrons. The average molecular weight is 598 g/mol. The number of aryl methyl sites for hydroxylation is 4. The first-order valence-corrected chi connectivity index (χ1v) is 15.7. The van der Waals surface area contributed by atoms with E-state index in [0.717, 1.165) is 50.8 Å². The van der Waals surface area contributed by atoms with E-state index in [1.807, 2.05) is 30.3 Å². The number of azo groups is 1. The van der Waals surface area contributed by atoms with Gasteiger partial charge in [-0.15, -0.1) is 10.2 Å². The Morgan fingerprint density at radius 3 is 1.83 bits per heavy atom. The Morgan fingerprint density at radius 2 is 1.31 bits per heavy atom. The maximum Gasteiger partial charge on any atom is 0.273 e. The van der Waals surface area contributed by atoms with Gasteiger partial charge in [0.25, 0.3) is 5.95 Å². The number of carbonyl (C=O) groups is 1. The monoisotopic (exact) mass is 597 g/mol. The largest absolute Gasteiger partial charge is 0.371 e. The molecular formula is C32H35N7OS2. The molecule has 0 bridgehead atoms. The molecule has 1 aliphatic heterocycles. The van der Waals surface area contributed by atoms with Gasteiger partial charge in [-0.25, -0.2) is 0 Å². The third-order valence-electron chi connectivity index (χ3n) is 7.05. The summed E-state index contributed by atoms with van der Waals surface area (Å²) in [5, 5.41) is 13.0. The van der Waals surface area contributed by atoms with Crippen molar-refractivity contribution in [2.75, 3.05) is 23.3 Å². The van der Waals surface area contributed by atoms with Crippen molar-refractivity contribution in [1.29, 1.82) is 0 Å². The quantitative estimate of drug-likeness (QED) is 0.203. The van der Waals surface area contributed by atoms with Crippen molar-refractivity contribution in [1.82, 2.24) is 15.0 Å². The topological polar surface area (TPSA) is 95.7 Å². The Kier molecular flexibility index (Phi) is 9.54. The number of benzene rings is 3. The van der Waals surface area contributed by atoms with Crippen LogP contribution in [0.2, 0.25) is 0 Å². The number of anilines is 2. The molecule has 8 nitrogen and oxygen atoms in total. The van der Waals surface area contributed by atoms with E-state index in [9.17, 15) is 4.79 Å². The average Bonchev–Trinajstić information content (AvgIpc) is 2.96. The molecular weight excluding hydrogens is 563 g/mol. The Hall–Kier alpha value is -3.76. The number of rotatable bonds is 8. The molecule has 0 atom stereocenters. The molecule has 0 radical (unpaired) electrons. The molecule has 0 saturated carbocycles. The van der Waals surface area contributed by atoms with Crippen molar-refractivity contribution in [3.8, 4) is 0 Å². The maximum absolute atomic E-state index is 12.0. The van der Waals surface area contributed by atoms with Crippen molar-refractivity contribution in [2.24, 2.45) is 10.2 Å². The van der Waals surface area contributed by atoms with Crippen LogP contribution in [-0.2, 0) is 4.79 Å². The lowest BCUT2D eigenvalue weighted by atomic mass is 10.1. The second-order valence-electron chi connectivity index (χ2n) is 10.5. The van der Waals surface area contributed by atoms with Crippen LogP contribution in [0.3, 0.4) is 0 Å². The molecule has 4 aromatic rings. The summed E-state index contributed by atoms with van der Waals surface area (Å²) in [6.45, 7) is 11.8. The van der Waals surface area contributed by atoms with E-state index in [4.69, 9.17) is 4.98 Å². The third kappa shape index (κ3) is 7.35. The number of carbonyl (C=O) groups excluding carboxylic acids is 1. The summed E-state index contributed by atoms with van der Waals surface area (Å²) in [5.41, 5.74) is 6.83. The van der Waals surface area contributed by atoms with Gasteiger partial charge in [-0.2, -0.15) is 15.0 Å². The zero-order valence-electron chi connectivity index (χ0n) is 24.6. The van der Waals surface area contributed by atoms with Crippen molar-refractivity contribution in [2.45, 2.75) is 74.0 Å². The minimum atomic E-state index is -0.165. The van der Waals surface area contributed by atoms with E-state index >= 15 is 0 Å². The number of nitrogens with zero attached hydrogens (tertiary/aromatic N) is 6. The van der Waals surface area contributed by atoms with Gasteiger partial charge in [0.2, 0.25) is 5.91 Å². The normalized spacial score (nSPS) is 13.5. The molecule has 10 heteroatoms. The van der Waals surface area contributed by atoms with Gasteiger partial charge in [0.05, 0.1) is 5.69 Å². The molecule has 42 heavy (non-hydrogen) atoms. The molecule has 1 aromatic heterocycles. The van der Waals surface area contributed by atoms with Crippen molar-refractivity contribution in [3.05, 3.63) is 76.9 Å². The zero-order chi connectivity index (χ0) is 29.6. The summed E-state index contributed by atoms with van der Waals surface area (Å²) < 4.78 is 0. The first kappa shape index (κ1) is 29.7. The van der Waals surface area contributed by atoms with E-state index in [0.29, 0.717) is 21.7 Å². The smallest absolute Gasteiger partial charge is 0.273 e. The van der Waals surface area contributed by atoms with Gasteiger partial charge in [0.15, 0.2) is 10.3 Å². The summed E-state index contributed by atoms with van der Waals surface area (Å²) in [4.78, 5) is 30.7. The van der Waals surface area contributed by atoms with E-state index in [-0.39, 0.29) is 11.9 Å². The van der Waals surface area contributed by atoms with Crippen LogP contribution in [0.25, 0.3) is 0 Å². The van der Waals surface area contributed by atoms with Gasteiger partial charge in [0, 0.05) is 35.5 Å². The molecule has 1 amide bonds. The molecule has 3 aromatic carbocycles. The molecule has 0 aliphatic carbocycles. The minimum absolute atomic E-state index is 0.165. The van der Waals surface area contributed by atoms with Crippen LogP contribution in [0.15, 0.2) is 84.9 Å². The number of aromatic nitrogens is 3. The highest BCUT2D eigenvalue weighted by Gasteiger charge is 2.16. The Morgan fingerprint density at radius 1 is 0.762 bits per heavy atom. The van der Waals surface area contributed by atoms with Gasteiger partial charge in [0.1, 0.15) is 5.69 Å². The number of hydrogen-bond donors (Lipinski definition) is 1. The fourth-order valence-corrected chi connectivity index (χ4v) is 6.77. The van der Waals surface area contributed by atoms with Gasteiger partial charge in [-0.1, -0.05) is 36.4 Å². The predicted molar refractivity (Wildman–Crippen MR) is 171 cm³/mol. The highest BCUT2D eigenvalue weighted by molar-refractivity contribution is 8.00. The number of piperidine rings is 1. The summed E-state index contributed by atoms with van der Waals surface area (Å²) in [7, 11) is 0. The van der Waals surface area contributed by atoms with Crippen LogP contribution in [-0.4, -0.2) is 33.9 Å². The molecule has 5 rings (SSSR count). The SMILES string of the molecule is CC(=O)Nc1cc(N2CCCCC2)ccc1N=Nc1nc(Sc2c(C)cccc2C)nc(Sc2c(C)cccc2C)n1. The van der Waals surface area contributed by atoms with Crippen LogP contribution in [0.5, 0.6) is 0 Å². The van der Waals surface area contributed by atoms with Crippen LogP contribution in [0, 0.1) is 27.7 Å². The van der Waals surface area contributed by atoms with Gasteiger partial charge in [-0.3, -0.25) is 4.79 Å². The minimum Gasteiger partial charge on any atom is -0.371 e. The summed E-state index contributed by atoms with van der Waals surface area (Å²) in [6, 6.07) is 18.3. The molecule has 0 spiro atoms. The summed E-state index contributed by atoms with van der Waals surface area (Å²) >= 11 is 3.00. The summed E-state index contributed by atoms with van der Waals surface area (Å²) in [6.07, 6.45) is 3.59. The second-order valence-corrected chi connectivity index (χ2v) is 12.4. The first-order chi connectivity index (χ1) is 20.3. The molecule has 0 unspecified atom stereocenters. The van der Waals surface area contributed by atoms with E-state index < -0.39 is 0 Å². The Balaban J connectivity index is 1.51. The molecule has 1 N–H and O–H groups in total. The second kappa shape index (κ2) is 13.5. The Labute approximate surface area is 255 Å². The van der Waals surface area contributed by atoms with E-state index in [1.54, 1.807) is 0 Å². The highest BCUT2D eigenvalue weighted by atomic mass is 32.2.